The summed E-state index contributed by atoms with van der Waals surface area (Å²) in [7, 11) is 1.88. The molecular weight excluding hydrogens is 307 g/mol. The largest absolute Gasteiger partial charge is 0.367 e. The second kappa shape index (κ2) is 7.25. The van der Waals surface area contributed by atoms with Crippen molar-refractivity contribution in [1.82, 2.24) is 0 Å². The SMILES string of the molecule is CCC(N)Cc1ccc(N(C)Cc2ccc(Cl)s2)c(F)c1. The molecule has 2 rings (SSSR count). The zero-order chi connectivity index (χ0) is 15.4. The first-order valence-corrected chi connectivity index (χ1v) is 8.18. The van der Waals surface area contributed by atoms with E-state index in [9.17, 15) is 4.39 Å². The van der Waals surface area contributed by atoms with Gasteiger partial charge in [0.15, 0.2) is 0 Å². The maximum Gasteiger partial charge on any atom is 0.146 e. The highest BCUT2D eigenvalue weighted by Gasteiger charge is 2.11. The zero-order valence-electron chi connectivity index (χ0n) is 12.3. The third kappa shape index (κ3) is 4.43. The average molecular weight is 327 g/mol. The number of hydrogen-bond donors (Lipinski definition) is 1. The van der Waals surface area contributed by atoms with Crippen LogP contribution in [0.25, 0.3) is 0 Å². The number of hydrogen-bond acceptors (Lipinski definition) is 3. The molecule has 0 aliphatic carbocycles. The summed E-state index contributed by atoms with van der Waals surface area (Å²) >= 11 is 7.43. The molecule has 2 nitrogen and oxygen atoms in total. The van der Waals surface area contributed by atoms with E-state index in [4.69, 9.17) is 17.3 Å². The molecule has 0 fully saturated rings. The van der Waals surface area contributed by atoms with Gasteiger partial charge in [-0.05, 0) is 42.7 Å². The molecule has 1 heterocycles. The summed E-state index contributed by atoms with van der Waals surface area (Å²) in [6.45, 7) is 2.68. The number of nitrogens with two attached hydrogens (primary N) is 1. The van der Waals surface area contributed by atoms with Crippen molar-refractivity contribution >= 4 is 28.6 Å². The van der Waals surface area contributed by atoms with Crippen LogP contribution >= 0.6 is 22.9 Å². The van der Waals surface area contributed by atoms with E-state index >= 15 is 0 Å². The van der Waals surface area contributed by atoms with E-state index in [1.165, 1.54) is 11.3 Å². The highest BCUT2D eigenvalue weighted by molar-refractivity contribution is 7.16. The number of rotatable bonds is 6. The molecule has 0 saturated heterocycles. The summed E-state index contributed by atoms with van der Waals surface area (Å²) in [6.07, 6.45) is 1.60. The highest BCUT2D eigenvalue weighted by atomic mass is 35.5. The van der Waals surface area contributed by atoms with Gasteiger partial charge in [0.05, 0.1) is 16.6 Å². The Bertz CT molecular complexity index is 600. The number of nitrogens with zero attached hydrogens (tertiary/aromatic N) is 1. The first-order valence-electron chi connectivity index (χ1n) is 6.99. The Balaban J connectivity index is 2.09. The number of halogens is 2. The molecule has 1 atom stereocenters. The Hall–Kier alpha value is -1.10. The number of anilines is 1. The van der Waals surface area contributed by atoms with Crippen molar-refractivity contribution in [3.05, 3.63) is 50.9 Å². The first kappa shape index (κ1) is 16.3. The van der Waals surface area contributed by atoms with E-state index in [1.54, 1.807) is 6.07 Å². The standard InChI is InChI=1S/C16H20ClFN2S/c1-3-12(19)8-11-4-6-15(14(18)9-11)20(2)10-13-5-7-16(17)21-13/h4-7,9,12H,3,8,10,19H2,1-2H3. The molecule has 114 valence electrons. The van der Waals surface area contributed by atoms with Crippen LogP contribution in [0.15, 0.2) is 30.3 Å². The third-order valence-corrected chi connectivity index (χ3v) is 4.68. The Labute approximate surface area is 134 Å². The minimum absolute atomic E-state index is 0.0845. The van der Waals surface area contributed by atoms with Gasteiger partial charge in [-0.3, -0.25) is 0 Å². The Morgan fingerprint density at radius 1 is 1.33 bits per heavy atom. The van der Waals surface area contributed by atoms with Gasteiger partial charge in [-0.25, -0.2) is 4.39 Å². The van der Waals surface area contributed by atoms with E-state index in [1.807, 2.05) is 43.1 Å². The lowest BCUT2D eigenvalue weighted by molar-refractivity contribution is 0.611. The molecule has 1 aromatic heterocycles. The lowest BCUT2D eigenvalue weighted by Gasteiger charge is -2.20. The maximum atomic E-state index is 14.3. The van der Waals surface area contributed by atoms with Crippen molar-refractivity contribution in [2.24, 2.45) is 5.73 Å². The lowest BCUT2D eigenvalue weighted by atomic mass is 10.0. The van der Waals surface area contributed by atoms with Crippen molar-refractivity contribution < 1.29 is 4.39 Å². The molecule has 0 aliphatic rings. The van der Waals surface area contributed by atoms with Crippen LogP contribution in [0.2, 0.25) is 4.34 Å². The molecule has 1 unspecified atom stereocenters. The monoisotopic (exact) mass is 326 g/mol. The van der Waals surface area contributed by atoms with Crippen LogP contribution in [-0.4, -0.2) is 13.1 Å². The van der Waals surface area contributed by atoms with Crippen LogP contribution in [0.5, 0.6) is 0 Å². The third-order valence-electron chi connectivity index (χ3n) is 3.47. The van der Waals surface area contributed by atoms with E-state index < -0.39 is 0 Å². The molecule has 0 bridgehead atoms. The smallest absolute Gasteiger partial charge is 0.146 e. The molecule has 21 heavy (non-hydrogen) atoms. The Morgan fingerprint density at radius 3 is 2.67 bits per heavy atom. The molecule has 5 heteroatoms. The normalized spacial score (nSPS) is 12.4. The number of benzene rings is 1. The van der Waals surface area contributed by atoms with Crippen LogP contribution in [0.3, 0.4) is 0 Å². The van der Waals surface area contributed by atoms with Gasteiger partial charge >= 0.3 is 0 Å². The van der Waals surface area contributed by atoms with E-state index in [0.717, 1.165) is 21.2 Å². The lowest BCUT2D eigenvalue weighted by Crippen LogP contribution is -2.22. The van der Waals surface area contributed by atoms with Gasteiger partial charge in [0.1, 0.15) is 5.82 Å². The van der Waals surface area contributed by atoms with Crippen molar-refractivity contribution in [2.75, 3.05) is 11.9 Å². The Morgan fingerprint density at radius 2 is 2.10 bits per heavy atom. The Kier molecular flexibility index (Phi) is 5.62. The van der Waals surface area contributed by atoms with Crippen LogP contribution in [0, 0.1) is 5.82 Å². The van der Waals surface area contributed by atoms with Crippen LogP contribution < -0.4 is 10.6 Å². The van der Waals surface area contributed by atoms with Crippen molar-refractivity contribution in [3.63, 3.8) is 0 Å². The van der Waals surface area contributed by atoms with Crippen molar-refractivity contribution in [3.8, 4) is 0 Å². The quantitative estimate of drug-likeness (QED) is 0.849. The molecule has 0 spiro atoms. The van der Waals surface area contributed by atoms with E-state index in [0.29, 0.717) is 18.7 Å². The molecule has 0 radical (unpaired) electrons. The second-order valence-electron chi connectivity index (χ2n) is 5.22. The van der Waals surface area contributed by atoms with Crippen molar-refractivity contribution in [2.45, 2.75) is 32.4 Å². The molecule has 0 aliphatic heterocycles. The van der Waals surface area contributed by atoms with Gasteiger partial charge in [-0.1, -0.05) is 24.6 Å². The summed E-state index contributed by atoms with van der Waals surface area (Å²) in [6, 6.07) is 9.27. The maximum absolute atomic E-state index is 14.3. The minimum Gasteiger partial charge on any atom is -0.367 e. The van der Waals surface area contributed by atoms with Crippen LogP contribution in [0.1, 0.15) is 23.8 Å². The summed E-state index contributed by atoms with van der Waals surface area (Å²) in [4.78, 5) is 3.00. The molecular formula is C16H20ClFN2S. The molecule has 2 aromatic rings. The van der Waals surface area contributed by atoms with E-state index in [2.05, 4.69) is 0 Å². The summed E-state index contributed by atoms with van der Waals surface area (Å²) in [5.74, 6) is -0.207. The molecule has 1 aromatic carbocycles. The fourth-order valence-corrected chi connectivity index (χ4v) is 3.33. The average Bonchev–Trinajstić information content (AvgIpc) is 2.83. The number of thiophene rings is 1. The zero-order valence-corrected chi connectivity index (χ0v) is 13.8. The second-order valence-corrected chi connectivity index (χ2v) is 7.02. The van der Waals surface area contributed by atoms with Gasteiger partial charge in [0.2, 0.25) is 0 Å². The topological polar surface area (TPSA) is 29.3 Å². The fraction of sp³-hybridized carbons (Fsp3) is 0.375. The predicted octanol–water partition coefficient (Wildman–Crippen LogP) is 4.46. The molecule has 0 saturated carbocycles. The predicted molar refractivity (Wildman–Crippen MR) is 89.8 cm³/mol. The van der Waals surface area contributed by atoms with Gasteiger partial charge in [-0.2, -0.15) is 0 Å². The van der Waals surface area contributed by atoms with E-state index in [-0.39, 0.29) is 11.9 Å². The first-order chi connectivity index (χ1) is 9.99. The van der Waals surface area contributed by atoms with Gasteiger partial charge in [-0.15, -0.1) is 11.3 Å². The van der Waals surface area contributed by atoms with Crippen LogP contribution in [-0.2, 0) is 13.0 Å². The fourth-order valence-electron chi connectivity index (χ4n) is 2.19. The summed E-state index contributed by atoms with van der Waals surface area (Å²) in [5, 5.41) is 0. The van der Waals surface area contributed by atoms with Gasteiger partial charge in [0.25, 0.3) is 0 Å². The molecule has 0 amide bonds. The summed E-state index contributed by atoms with van der Waals surface area (Å²) < 4.78 is 15.0. The minimum atomic E-state index is -0.207. The van der Waals surface area contributed by atoms with Gasteiger partial charge in [0, 0.05) is 18.0 Å². The van der Waals surface area contributed by atoms with Crippen LogP contribution in [0.4, 0.5) is 10.1 Å². The highest BCUT2D eigenvalue weighted by Crippen LogP contribution is 2.26. The van der Waals surface area contributed by atoms with Gasteiger partial charge < -0.3 is 10.6 Å². The van der Waals surface area contributed by atoms with Crippen molar-refractivity contribution in [1.29, 1.82) is 0 Å². The molecule has 2 N–H and O–H groups in total. The summed E-state index contributed by atoms with van der Waals surface area (Å²) in [5.41, 5.74) is 7.45.